The highest BCUT2D eigenvalue weighted by atomic mass is 32.2. The Bertz CT molecular complexity index is 821. The molecule has 2 rings (SSSR count). The Morgan fingerprint density at radius 3 is 2.05 bits per heavy atom. The maximum atomic E-state index is 12.9. The number of aryl methyl sites for hydroxylation is 3. The van der Waals surface area contributed by atoms with Crippen LogP contribution in [0.2, 0.25) is 0 Å². The van der Waals surface area contributed by atoms with Crippen LogP contribution in [0.5, 0.6) is 11.5 Å². The molecule has 2 N–H and O–H groups in total. The lowest BCUT2D eigenvalue weighted by atomic mass is 10.1. The van der Waals surface area contributed by atoms with E-state index in [1.807, 2.05) is 0 Å². The van der Waals surface area contributed by atoms with E-state index in [1.54, 1.807) is 39.8 Å². The summed E-state index contributed by atoms with van der Waals surface area (Å²) in [6.45, 7) is 6.70. The van der Waals surface area contributed by atoms with E-state index < -0.39 is 9.84 Å². The second-order valence-corrected chi connectivity index (χ2v) is 7.12. The Kier molecular flexibility index (Phi) is 3.72. The minimum Gasteiger partial charge on any atom is -0.508 e. The van der Waals surface area contributed by atoms with E-state index in [9.17, 15) is 18.6 Å². The number of sulfone groups is 1. The van der Waals surface area contributed by atoms with Gasteiger partial charge in [0.25, 0.3) is 0 Å². The minimum absolute atomic E-state index is 0.0176. The summed E-state index contributed by atoms with van der Waals surface area (Å²) >= 11 is 0. The first kappa shape index (κ1) is 15.4. The Morgan fingerprint density at radius 2 is 1.43 bits per heavy atom. The van der Waals surface area contributed by atoms with E-state index in [1.165, 1.54) is 12.1 Å². The van der Waals surface area contributed by atoms with Gasteiger partial charge < -0.3 is 10.2 Å². The lowest BCUT2D eigenvalue weighted by Gasteiger charge is -2.15. The van der Waals surface area contributed by atoms with E-state index in [0.29, 0.717) is 22.3 Å². The van der Waals surface area contributed by atoms with Crippen molar-refractivity contribution in [2.75, 3.05) is 0 Å². The Morgan fingerprint density at radius 1 is 0.857 bits per heavy atom. The normalized spacial score (nSPS) is 11.6. The second kappa shape index (κ2) is 5.07. The van der Waals surface area contributed by atoms with Gasteiger partial charge in [-0.15, -0.1) is 0 Å². The van der Waals surface area contributed by atoms with Gasteiger partial charge >= 0.3 is 0 Å². The number of benzene rings is 2. The summed E-state index contributed by atoms with van der Waals surface area (Å²) in [6.07, 6.45) is 0. The molecule has 0 radical (unpaired) electrons. The van der Waals surface area contributed by atoms with Crippen LogP contribution in [0.1, 0.15) is 22.3 Å². The van der Waals surface area contributed by atoms with Gasteiger partial charge in [-0.3, -0.25) is 0 Å². The van der Waals surface area contributed by atoms with Crippen molar-refractivity contribution in [3.63, 3.8) is 0 Å². The number of hydrogen-bond acceptors (Lipinski definition) is 4. The Balaban J connectivity index is 2.84. The summed E-state index contributed by atoms with van der Waals surface area (Å²) in [5.74, 6) is -0.350. The van der Waals surface area contributed by atoms with Gasteiger partial charge in [0.05, 0.1) is 4.90 Å². The van der Waals surface area contributed by atoms with Crippen molar-refractivity contribution in [3.05, 3.63) is 46.5 Å². The molecule has 0 bridgehead atoms. The number of phenolic OH excluding ortho intramolecular Hbond substituents is 2. The lowest BCUT2D eigenvalue weighted by molar-refractivity contribution is 0.453. The van der Waals surface area contributed by atoms with E-state index in [4.69, 9.17) is 0 Å². The Hall–Kier alpha value is -2.01. The zero-order valence-electron chi connectivity index (χ0n) is 12.4. The molecule has 0 atom stereocenters. The molecular formula is C16H18O4S. The predicted octanol–water partition coefficient (Wildman–Crippen LogP) is 3.16. The van der Waals surface area contributed by atoms with Crippen LogP contribution in [0.3, 0.4) is 0 Å². The SMILES string of the molecule is Cc1cc(O)cc(S(=O)(=O)c2c(C)ccc(C)c2O)c1C. The maximum absolute atomic E-state index is 12.9. The van der Waals surface area contributed by atoms with Crippen LogP contribution in [-0.4, -0.2) is 18.6 Å². The number of hydrogen-bond donors (Lipinski definition) is 2. The molecule has 2 aromatic rings. The summed E-state index contributed by atoms with van der Waals surface area (Å²) in [7, 11) is -3.91. The quantitative estimate of drug-likeness (QED) is 0.893. The third-order valence-electron chi connectivity index (χ3n) is 3.69. The van der Waals surface area contributed by atoms with E-state index in [2.05, 4.69) is 0 Å². The summed E-state index contributed by atoms with van der Waals surface area (Å²) in [4.78, 5) is -0.0837. The third kappa shape index (κ3) is 2.49. The van der Waals surface area contributed by atoms with E-state index in [0.717, 1.165) is 0 Å². The monoisotopic (exact) mass is 306 g/mol. The molecule has 0 saturated heterocycles. The van der Waals surface area contributed by atoms with Crippen molar-refractivity contribution in [3.8, 4) is 11.5 Å². The highest BCUT2D eigenvalue weighted by Gasteiger charge is 2.27. The zero-order valence-corrected chi connectivity index (χ0v) is 13.2. The van der Waals surface area contributed by atoms with Crippen LogP contribution >= 0.6 is 0 Å². The van der Waals surface area contributed by atoms with Crippen molar-refractivity contribution < 1.29 is 18.6 Å². The summed E-state index contributed by atoms with van der Waals surface area (Å²) in [5, 5.41) is 19.9. The van der Waals surface area contributed by atoms with Crippen LogP contribution < -0.4 is 0 Å². The molecule has 5 heteroatoms. The lowest BCUT2D eigenvalue weighted by Crippen LogP contribution is -2.08. The number of rotatable bonds is 2. The molecule has 21 heavy (non-hydrogen) atoms. The van der Waals surface area contributed by atoms with Crippen LogP contribution in [-0.2, 0) is 9.84 Å². The van der Waals surface area contributed by atoms with Gasteiger partial charge in [0.1, 0.15) is 16.4 Å². The fraction of sp³-hybridized carbons (Fsp3) is 0.250. The maximum Gasteiger partial charge on any atom is 0.210 e. The zero-order chi connectivity index (χ0) is 15.9. The first-order valence-corrected chi connectivity index (χ1v) is 7.99. The van der Waals surface area contributed by atoms with Crippen molar-refractivity contribution >= 4 is 9.84 Å². The molecule has 0 aliphatic carbocycles. The molecule has 0 aliphatic rings. The fourth-order valence-electron chi connectivity index (χ4n) is 2.31. The molecule has 0 heterocycles. The van der Waals surface area contributed by atoms with E-state index in [-0.39, 0.29) is 21.3 Å². The molecule has 0 amide bonds. The predicted molar refractivity (Wildman–Crippen MR) is 80.6 cm³/mol. The van der Waals surface area contributed by atoms with Gasteiger partial charge in [-0.1, -0.05) is 12.1 Å². The molecule has 0 fully saturated rings. The molecule has 0 saturated carbocycles. The first-order valence-electron chi connectivity index (χ1n) is 6.50. The average molecular weight is 306 g/mol. The van der Waals surface area contributed by atoms with Gasteiger partial charge in [-0.05, 0) is 62.1 Å². The molecule has 4 nitrogen and oxygen atoms in total. The number of aromatic hydroxyl groups is 2. The summed E-state index contributed by atoms with van der Waals surface area (Å²) in [5.41, 5.74) is 2.21. The first-order chi connectivity index (χ1) is 9.66. The minimum atomic E-state index is -3.91. The van der Waals surface area contributed by atoms with Gasteiger partial charge in [0, 0.05) is 0 Å². The molecule has 0 spiro atoms. The van der Waals surface area contributed by atoms with Gasteiger partial charge in [-0.25, -0.2) is 8.42 Å². The topological polar surface area (TPSA) is 74.6 Å². The second-order valence-electron chi connectivity index (χ2n) is 5.27. The highest BCUT2D eigenvalue weighted by molar-refractivity contribution is 7.91. The highest BCUT2D eigenvalue weighted by Crippen LogP contribution is 2.36. The molecule has 112 valence electrons. The molecule has 0 unspecified atom stereocenters. The number of phenols is 2. The molecular weight excluding hydrogens is 288 g/mol. The Labute approximate surface area is 124 Å². The van der Waals surface area contributed by atoms with Crippen molar-refractivity contribution in [1.82, 2.24) is 0 Å². The van der Waals surface area contributed by atoms with Gasteiger partial charge in [-0.2, -0.15) is 0 Å². The average Bonchev–Trinajstić information content (AvgIpc) is 2.38. The summed E-state index contributed by atoms with van der Waals surface area (Å²) < 4.78 is 25.8. The van der Waals surface area contributed by atoms with Crippen LogP contribution in [0.4, 0.5) is 0 Å². The largest absolute Gasteiger partial charge is 0.508 e. The third-order valence-corrected chi connectivity index (χ3v) is 5.75. The van der Waals surface area contributed by atoms with Crippen LogP contribution in [0.25, 0.3) is 0 Å². The van der Waals surface area contributed by atoms with Gasteiger partial charge in [0.15, 0.2) is 0 Å². The smallest absolute Gasteiger partial charge is 0.210 e. The van der Waals surface area contributed by atoms with Crippen LogP contribution in [0.15, 0.2) is 34.1 Å². The van der Waals surface area contributed by atoms with Crippen LogP contribution in [0, 0.1) is 27.7 Å². The summed E-state index contributed by atoms with van der Waals surface area (Å²) in [6, 6.07) is 6.06. The molecule has 0 aromatic heterocycles. The van der Waals surface area contributed by atoms with Crippen molar-refractivity contribution in [1.29, 1.82) is 0 Å². The van der Waals surface area contributed by atoms with Crippen molar-refractivity contribution in [2.24, 2.45) is 0 Å². The van der Waals surface area contributed by atoms with Crippen molar-refractivity contribution in [2.45, 2.75) is 37.5 Å². The molecule has 2 aromatic carbocycles. The fourth-order valence-corrected chi connectivity index (χ4v) is 4.27. The standard InChI is InChI=1S/C16H18O4S/c1-9-5-6-10(2)16(15(9)18)21(19,20)14-8-13(17)7-11(3)12(14)4/h5-8,17-18H,1-4H3. The molecule has 0 aliphatic heterocycles. The van der Waals surface area contributed by atoms with E-state index >= 15 is 0 Å². The van der Waals surface area contributed by atoms with Gasteiger partial charge in [0.2, 0.25) is 9.84 Å².